The summed E-state index contributed by atoms with van der Waals surface area (Å²) in [6.45, 7) is 1.76. The second-order valence-electron chi connectivity index (χ2n) is 3.65. The summed E-state index contributed by atoms with van der Waals surface area (Å²) in [5, 5.41) is 0. The molecule has 12 heavy (non-hydrogen) atoms. The Kier molecular flexibility index (Phi) is 1.83. The van der Waals surface area contributed by atoms with Crippen LogP contribution in [0.2, 0.25) is 0 Å². The Morgan fingerprint density at radius 3 is 2.50 bits per heavy atom. The minimum absolute atomic E-state index is 0.197. The zero-order valence-electron chi connectivity index (χ0n) is 7.34. The third kappa shape index (κ3) is 1.22. The quantitative estimate of drug-likeness (QED) is 0.518. The third-order valence-electron chi connectivity index (χ3n) is 2.63. The lowest BCUT2D eigenvalue weighted by Crippen LogP contribution is -2.33. The van der Waals surface area contributed by atoms with Gasteiger partial charge in [0.1, 0.15) is 0 Å². The highest BCUT2D eigenvalue weighted by Gasteiger charge is 2.46. The lowest BCUT2D eigenvalue weighted by Gasteiger charge is -2.30. The zero-order chi connectivity index (χ0) is 8.60. The SMILES string of the molecule is CC1OC2(CCCCC2)OC1=O. The molecule has 2 rings (SSSR count). The van der Waals surface area contributed by atoms with Gasteiger partial charge in [-0.2, -0.15) is 0 Å². The van der Waals surface area contributed by atoms with Crippen molar-refractivity contribution in [2.24, 2.45) is 0 Å². The fourth-order valence-corrected chi connectivity index (χ4v) is 1.97. The number of esters is 1. The van der Waals surface area contributed by atoms with Gasteiger partial charge in [0, 0.05) is 12.8 Å². The van der Waals surface area contributed by atoms with E-state index in [4.69, 9.17) is 9.47 Å². The third-order valence-corrected chi connectivity index (χ3v) is 2.63. The predicted octanol–water partition coefficient (Wildman–Crippen LogP) is 1.61. The highest BCUT2D eigenvalue weighted by molar-refractivity contribution is 5.76. The minimum atomic E-state index is -0.533. The van der Waals surface area contributed by atoms with Crippen molar-refractivity contribution in [3.05, 3.63) is 0 Å². The average molecular weight is 170 g/mol. The molecule has 1 aliphatic carbocycles. The monoisotopic (exact) mass is 170 g/mol. The number of rotatable bonds is 0. The fourth-order valence-electron chi connectivity index (χ4n) is 1.97. The molecule has 0 amide bonds. The number of hydrogen-bond donors (Lipinski definition) is 0. The summed E-state index contributed by atoms with van der Waals surface area (Å²) in [6, 6.07) is 0. The Hall–Kier alpha value is -0.570. The first-order valence-corrected chi connectivity index (χ1v) is 4.63. The molecule has 1 saturated carbocycles. The van der Waals surface area contributed by atoms with Gasteiger partial charge in [0.15, 0.2) is 6.10 Å². The van der Waals surface area contributed by atoms with Gasteiger partial charge in [-0.05, 0) is 19.8 Å². The molecule has 0 radical (unpaired) electrons. The summed E-state index contributed by atoms with van der Waals surface area (Å²) in [5.74, 6) is -0.730. The van der Waals surface area contributed by atoms with Crippen LogP contribution in [0.3, 0.4) is 0 Å². The van der Waals surface area contributed by atoms with Crippen LogP contribution in [0.5, 0.6) is 0 Å². The molecule has 3 heteroatoms. The van der Waals surface area contributed by atoms with Crippen LogP contribution in [0, 0.1) is 0 Å². The molecule has 0 aromatic rings. The van der Waals surface area contributed by atoms with Crippen LogP contribution in [0.15, 0.2) is 0 Å². The fraction of sp³-hybridized carbons (Fsp3) is 0.889. The number of hydrogen-bond acceptors (Lipinski definition) is 3. The molecule has 0 bridgehead atoms. The summed E-state index contributed by atoms with van der Waals surface area (Å²) in [5.41, 5.74) is 0. The molecule has 1 saturated heterocycles. The maximum absolute atomic E-state index is 11.1. The van der Waals surface area contributed by atoms with Crippen molar-refractivity contribution in [1.82, 2.24) is 0 Å². The van der Waals surface area contributed by atoms with E-state index in [0.29, 0.717) is 0 Å². The van der Waals surface area contributed by atoms with Gasteiger partial charge < -0.3 is 9.47 Å². The van der Waals surface area contributed by atoms with Crippen molar-refractivity contribution in [3.63, 3.8) is 0 Å². The van der Waals surface area contributed by atoms with Gasteiger partial charge in [0.25, 0.3) is 0 Å². The Bertz CT molecular complexity index is 194. The summed E-state index contributed by atoms with van der Waals surface area (Å²) in [4.78, 5) is 11.1. The lowest BCUT2D eigenvalue weighted by atomic mass is 9.94. The number of carbonyl (C=O) groups excluding carboxylic acids is 1. The maximum Gasteiger partial charge on any atom is 0.337 e. The Balaban J connectivity index is 2.07. The van der Waals surface area contributed by atoms with Gasteiger partial charge in [0.05, 0.1) is 0 Å². The van der Waals surface area contributed by atoms with Crippen molar-refractivity contribution in [2.75, 3.05) is 0 Å². The molecule has 0 aromatic carbocycles. The molecule has 1 atom stereocenters. The van der Waals surface area contributed by atoms with Crippen LogP contribution in [-0.2, 0) is 14.3 Å². The Morgan fingerprint density at radius 2 is 2.00 bits per heavy atom. The highest BCUT2D eigenvalue weighted by Crippen LogP contribution is 2.37. The molecule has 3 nitrogen and oxygen atoms in total. The van der Waals surface area contributed by atoms with Crippen LogP contribution in [0.1, 0.15) is 39.0 Å². The largest absolute Gasteiger partial charge is 0.431 e. The predicted molar refractivity (Wildman–Crippen MR) is 42.5 cm³/mol. The van der Waals surface area contributed by atoms with Gasteiger partial charge in [-0.25, -0.2) is 4.79 Å². The van der Waals surface area contributed by atoms with E-state index >= 15 is 0 Å². The molecule has 1 spiro atoms. The molecule has 1 unspecified atom stereocenters. The summed E-state index contributed by atoms with van der Waals surface area (Å²) in [6.07, 6.45) is 4.85. The topological polar surface area (TPSA) is 35.5 Å². The van der Waals surface area contributed by atoms with Gasteiger partial charge in [-0.3, -0.25) is 0 Å². The molecule has 0 N–H and O–H groups in total. The van der Waals surface area contributed by atoms with E-state index in [1.54, 1.807) is 6.92 Å². The zero-order valence-corrected chi connectivity index (χ0v) is 7.34. The molecule has 2 fully saturated rings. The Labute approximate surface area is 72.0 Å². The van der Waals surface area contributed by atoms with E-state index in [0.717, 1.165) is 25.7 Å². The van der Waals surface area contributed by atoms with Gasteiger partial charge in [0.2, 0.25) is 5.79 Å². The molecule has 1 aliphatic heterocycles. The molecule has 68 valence electrons. The van der Waals surface area contributed by atoms with E-state index in [-0.39, 0.29) is 12.1 Å². The second kappa shape index (κ2) is 2.73. The average Bonchev–Trinajstić information content (AvgIpc) is 2.29. The first-order valence-electron chi connectivity index (χ1n) is 4.63. The van der Waals surface area contributed by atoms with Crippen LogP contribution in [-0.4, -0.2) is 17.9 Å². The smallest absolute Gasteiger partial charge is 0.337 e. The van der Waals surface area contributed by atoms with Crippen LogP contribution in [0.25, 0.3) is 0 Å². The molecule has 1 heterocycles. The minimum Gasteiger partial charge on any atom is -0.431 e. The number of ether oxygens (including phenoxy) is 2. The molecule has 2 aliphatic rings. The van der Waals surface area contributed by atoms with Crippen molar-refractivity contribution < 1.29 is 14.3 Å². The van der Waals surface area contributed by atoms with Crippen molar-refractivity contribution >= 4 is 5.97 Å². The molecular formula is C9H14O3. The van der Waals surface area contributed by atoms with Gasteiger partial charge in [-0.15, -0.1) is 0 Å². The summed E-state index contributed by atoms with van der Waals surface area (Å²) >= 11 is 0. The Morgan fingerprint density at radius 1 is 1.33 bits per heavy atom. The first kappa shape index (κ1) is 8.05. The second-order valence-corrected chi connectivity index (χ2v) is 3.65. The van der Waals surface area contributed by atoms with Crippen molar-refractivity contribution in [3.8, 4) is 0 Å². The van der Waals surface area contributed by atoms with Crippen molar-refractivity contribution in [1.29, 1.82) is 0 Å². The molecule has 0 aromatic heterocycles. The van der Waals surface area contributed by atoms with E-state index in [2.05, 4.69) is 0 Å². The maximum atomic E-state index is 11.1. The normalized spacial score (nSPS) is 33.8. The van der Waals surface area contributed by atoms with E-state index < -0.39 is 5.79 Å². The van der Waals surface area contributed by atoms with Crippen LogP contribution < -0.4 is 0 Å². The van der Waals surface area contributed by atoms with Gasteiger partial charge in [-0.1, -0.05) is 6.42 Å². The highest BCUT2D eigenvalue weighted by atomic mass is 16.8. The van der Waals surface area contributed by atoms with E-state index in [9.17, 15) is 4.79 Å². The lowest BCUT2D eigenvalue weighted by molar-refractivity contribution is -0.190. The first-order chi connectivity index (χ1) is 5.72. The molecular weight excluding hydrogens is 156 g/mol. The number of carbonyl (C=O) groups is 1. The van der Waals surface area contributed by atoms with Crippen LogP contribution in [0.4, 0.5) is 0 Å². The van der Waals surface area contributed by atoms with E-state index in [1.165, 1.54) is 6.42 Å². The summed E-state index contributed by atoms with van der Waals surface area (Å²) in [7, 11) is 0. The van der Waals surface area contributed by atoms with Gasteiger partial charge >= 0.3 is 5.97 Å². The van der Waals surface area contributed by atoms with E-state index in [1.807, 2.05) is 0 Å². The standard InChI is InChI=1S/C9H14O3/c1-7-8(10)12-9(11-7)5-3-2-4-6-9/h7H,2-6H2,1H3. The summed E-state index contributed by atoms with van der Waals surface area (Å²) < 4.78 is 10.8. The van der Waals surface area contributed by atoms with Crippen molar-refractivity contribution in [2.45, 2.75) is 50.9 Å². The van der Waals surface area contributed by atoms with Crippen LogP contribution >= 0.6 is 0 Å².